The number of hydrogen-bond acceptors (Lipinski definition) is 2. The van der Waals surface area contributed by atoms with Crippen LogP contribution in [0.2, 0.25) is 0 Å². The molecule has 1 aromatic carbocycles. The van der Waals surface area contributed by atoms with E-state index in [4.69, 9.17) is 0 Å². The van der Waals surface area contributed by atoms with Crippen LogP contribution >= 0.6 is 31.9 Å². The summed E-state index contributed by atoms with van der Waals surface area (Å²) in [7, 11) is 0. The molecule has 1 heterocycles. The van der Waals surface area contributed by atoms with Crippen LogP contribution in [-0.4, -0.2) is 16.1 Å². The van der Waals surface area contributed by atoms with Crippen LogP contribution in [0.25, 0.3) is 0 Å². The molecule has 6 heteroatoms. The number of halogens is 2. The second-order valence-electron chi connectivity index (χ2n) is 3.90. The van der Waals surface area contributed by atoms with Crippen molar-refractivity contribution in [3.05, 3.63) is 44.0 Å². The lowest BCUT2D eigenvalue weighted by Crippen LogP contribution is -2.13. The van der Waals surface area contributed by atoms with Crippen molar-refractivity contribution < 1.29 is 4.79 Å². The Bertz CT molecular complexity index is 607. The zero-order chi connectivity index (χ0) is 13.3. The first-order chi connectivity index (χ1) is 8.49. The van der Waals surface area contributed by atoms with Gasteiger partial charge in [-0.25, -0.2) is 0 Å². The molecule has 0 saturated heterocycles. The maximum atomic E-state index is 12.1. The number of H-pyrrole nitrogens is 1. The summed E-state index contributed by atoms with van der Waals surface area (Å²) in [6.07, 6.45) is 0. The lowest BCUT2D eigenvalue weighted by Gasteiger charge is -2.06. The van der Waals surface area contributed by atoms with Gasteiger partial charge in [0.2, 0.25) is 0 Å². The van der Waals surface area contributed by atoms with Gasteiger partial charge in [0, 0.05) is 20.2 Å². The molecular weight excluding hydrogens is 362 g/mol. The number of carbonyl (C=O) groups excluding carboxylic acids is 1. The molecule has 0 aliphatic carbocycles. The number of aromatic nitrogens is 2. The highest BCUT2D eigenvalue weighted by Crippen LogP contribution is 2.23. The minimum absolute atomic E-state index is 0.197. The number of nitrogens with one attached hydrogen (secondary N) is 2. The second kappa shape index (κ2) is 5.24. The Labute approximate surface area is 121 Å². The lowest BCUT2D eigenvalue weighted by molar-refractivity contribution is 0.102. The third-order valence-electron chi connectivity index (χ3n) is 2.66. The van der Waals surface area contributed by atoms with E-state index in [2.05, 4.69) is 47.4 Å². The molecule has 0 radical (unpaired) electrons. The van der Waals surface area contributed by atoms with Crippen molar-refractivity contribution in [1.82, 2.24) is 10.2 Å². The quantitative estimate of drug-likeness (QED) is 0.842. The fraction of sp³-hybridized carbons (Fsp3) is 0.167. The molecule has 0 fully saturated rings. The number of nitrogens with zero attached hydrogens (tertiary/aromatic N) is 1. The van der Waals surface area contributed by atoms with Crippen molar-refractivity contribution >= 4 is 43.6 Å². The summed E-state index contributed by atoms with van der Waals surface area (Å²) >= 11 is 6.70. The molecule has 0 aliphatic heterocycles. The van der Waals surface area contributed by atoms with E-state index in [0.717, 1.165) is 20.2 Å². The first kappa shape index (κ1) is 13.3. The molecule has 94 valence electrons. The SMILES string of the molecule is Cc1[nH]nc(NC(=O)c2cc(Br)ccc2Br)c1C. The first-order valence-corrected chi connectivity index (χ1v) is 6.85. The Morgan fingerprint density at radius 1 is 1.33 bits per heavy atom. The second-order valence-corrected chi connectivity index (χ2v) is 5.67. The number of amides is 1. The topological polar surface area (TPSA) is 57.8 Å². The predicted octanol–water partition coefficient (Wildman–Crippen LogP) is 3.80. The van der Waals surface area contributed by atoms with E-state index in [9.17, 15) is 4.79 Å². The van der Waals surface area contributed by atoms with Crippen LogP contribution in [0.15, 0.2) is 27.1 Å². The van der Waals surface area contributed by atoms with Crippen LogP contribution in [0, 0.1) is 13.8 Å². The van der Waals surface area contributed by atoms with Crippen molar-refractivity contribution in [1.29, 1.82) is 0 Å². The van der Waals surface area contributed by atoms with Crippen LogP contribution < -0.4 is 5.32 Å². The summed E-state index contributed by atoms with van der Waals surface area (Å²) in [5.41, 5.74) is 2.44. The highest BCUT2D eigenvalue weighted by Gasteiger charge is 2.14. The van der Waals surface area contributed by atoms with Gasteiger partial charge in [-0.15, -0.1) is 0 Å². The lowest BCUT2D eigenvalue weighted by atomic mass is 10.2. The number of aryl methyl sites for hydroxylation is 1. The van der Waals surface area contributed by atoms with Crippen molar-refractivity contribution in [2.45, 2.75) is 13.8 Å². The number of rotatable bonds is 2. The van der Waals surface area contributed by atoms with Gasteiger partial charge in [-0.1, -0.05) is 15.9 Å². The standard InChI is InChI=1S/C12H11Br2N3O/c1-6-7(2)16-17-11(6)15-12(18)9-5-8(13)3-4-10(9)14/h3-5H,1-2H3,(H2,15,16,17,18). The zero-order valence-electron chi connectivity index (χ0n) is 9.84. The van der Waals surface area contributed by atoms with Crippen molar-refractivity contribution in [2.24, 2.45) is 0 Å². The smallest absolute Gasteiger partial charge is 0.258 e. The minimum atomic E-state index is -0.197. The predicted molar refractivity (Wildman–Crippen MR) is 77.9 cm³/mol. The van der Waals surface area contributed by atoms with Gasteiger partial charge in [0.15, 0.2) is 5.82 Å². The Balaban J connectivity index is 2.27. The summed E-state index contributed by atoms with van der Waals surface area (Å²) in [6.45, 7) is 3.82. The van der Waals surface area contributed by atoms with Gasteiger partial charge in [-0.05, 0) is 48.0 Å². The minimum Gasteiger partial charge on any atom is -0.305 e. The molecule has 0 atom stereocenters. The first-order valence-electron chi connectivity index (χ1n) is 5.27. The summed E-state index contributed by atoms with van der Waals surface area (Å²) in [6, 6.07) is 5.45. The van der Waals surface area contributed by atoms with E-state index < -0.39 is 0 Å². The number of anilines is 1. The molecule has 1 aromatic heterocycles. The summed E-state index contributed by atoms with van der Waals surface area (Å²) in [5, 5.41) is 9.67. The van der Waals surface area contributed by atoms with Gasteiger partial charge >= 0.3 is 0 Å². The van der Waals surface area contributed by atoms with Crippen molar-refractivity contribution in [3.8, 4) is 0 Å². The van der Waals surface area contributed by atoms with E-state index in [0.29, 0.717) is 11.4 Å². The molecule has 0 unspecified atom stereocenters. The van der Waals surface area contributed by atoms with Crippen molar-refractivity contribution in [2.75, 3.05) is 5.32 Å². The third-order valence-corrected chi connectivity index (χ3v) is 3.84. The summed E-state index contributed by atoms with van der Waals surface area (Å²) in [5.74, 6) is 0.363. The van der Waals surface area contributed by atoms with E-state index in [1.54, 1.807) is 6.07 Å². The average molecular weight is 373 g/mol. The Kier molecular flexibility index (Phi) is 3.87. The van der Waals surface area contributed by atoms with Gasteiger partial charge in [0.1, 0.15) is 0 Å². The number of benzene rings is 1. The number of aromatic amines is 1. The maximum Gasteiger partial charge on any atom is 0.258 e. The molecule has 0 bridgehead atoms. The molecule has 18 heavy (non-hydrogen) atoms. The molecule has 4 nitrogen and oxygen atoms in total. The number of hydrogen-bond donors (Lipinski definition) is 2. The summed E-state index contributed by atoms with van der Waals surface area (Å²) in [4.78, 5) is 12.1. The number of carbonyl (C=O) groups is 1. The Hall–Kier alpha value is -1.14. The fourth-order valence-corrected chi connectivity index (χ4v) is 2.24. The zero-order valence-corrected chi connectivity index (χ0v) is 13.0. The third kappa shape index (κ3) is 2.64. The van der Waals surface area contributed by atoms with Crippen LogP contribution in [0.4, 0.5) is 5.82 Å². The molecule has 2 N–H and O–H groups in total. The van der Waals surface area contributed by atoms with Gasteiger partial charge in [0.25, 0.3) is 5.91 Å². The monoisotopic (exact) mass is 371 g/mol. The highest BCUT2D eigenvalue weighted by atomic mass is 79.9. The van der Waals surface area contributed by atoms with Crippen LogP contribution in [-0.2, 0) is 0 Å². The van der Waals surface area contributed by atoms with Gasteiger partial charge in [-0.2, -0.15) is 5.10 Å². The molecule has 2 rings (SSSR count). The molecule has 0 spiro atoms. The fourth-order valence-electron chi connectivity index (χ4n) is 1.45. The van der Waals surface area contributed by atoms with E-state index in [1.165, 1.54) is 0 Å². The Morgan fingerprint density at radius 3 is 2.67 bits per heavy atom. The Morgan fingerprint density at radius 2 is 2.06 bits per heavy atom. The van der Waals surface area contributed by atoms with E-state index in [1.807, 2.05) is 26.0 Å². The maximum absolute atomic E-state index is 12.1. The van der Waals surface area contributed by atoms with Gasteiger partial charge in [-0.3, -0.25) is 9.89 Å². The normalized spacial score (nSPS) is 10.4. The molecule has 1 amide bonds. The van der Waals surface area contributed by atoms with Crippen LogP contribution in [0.3, 0.4) is 0 Å². The largest absolute Gasteiger partial charge is 0.305 e. The van der Waals surface area contributed by atoms with Gasteiger partial charge < -0.3 is 5.32 Å². The van der Waals surface area contributed by atoms with Gasteiger partial charge in [0.05, 0.1) is 5.56 Å². The van der Waals surface area contributed by atoms with E-state index in [-0.39, 0.29) is 5.91 Å². The molecule has 2 aromatic rings. The average Bonchev–Trinajstić information content (AvgIpc) is 2.64. The van der Waals surface area contributed by atoms with Crippen LogP contribution in [0.1, 0.15) is 21.6 Å². The molecular formula is C12H11Br2N3O. The van der Waals surface area contributed by atoms with Crippen molar-refractivity contribution in [3.63, 3.8) is 0 Å². The highest BCUT2D eigenvalue weighted by molar-refractivity contribution is 9.11. The van der Waals surface area contributed by atoms with E-state index >= 15 is 0 Å². The van der Waals surface area contributed by atoms with Crippen LogP contribution in [0.5, 0.6) is 0 Å². The molecule has 0 saturated carbocycles. The molecule has 0 aliphatic rings. The summed E-state index contributed by atoms with van der Waals surface area (Å²) < 4.78 is 1.60.